The van der Waals surface area contributed by atoms with Gasteiger partial charge in [0.25, 0.3) is 0 Å². The second-order valence-electron chi connectivity index (χ2n) is 9.88. The Morgan fingerprint density at radius 1 is 1.08 bits per heavy atom. The average Bonchev–Trinajstić information content (AvgIpc) is 3.72. The van der Waals surface area contributed by atoms with E-state index in [1.165, 1.54) is 0 Å². The van der Waals surface area contributed by atoms with Gasteiger partial charge in [-0.25, -0.2) is 4.98 Å². The van der Waals surface area contributed by atoms with Gasteiger partial charge in [0.05, 0.1) is 41.9 Å². The molecule has 5 rings (SSSR count). The summed E-state index contributed by atoms with van der Waals surface area (Å²) in [5, 5.41) is 7.79. The predicted octanol–water partition coefficient (Wildman–Crippen LogP) is 5.41. The Balaban J connectivity index is 1.37. The van der Waals surface area contributed by atoms with Gasteiger partial charge in [-0.3, -0.25) is 19.4 Å². The smallest absolute Gasteiger partial charge is 0.309 e. The lowest BCUT2D eigenvalue weighted by Crippen LogP contribution is -2.06. The standard InChI is InChI=1S/C29H32N6O3/c1-18(2)26-14-30-15-27(33-26)34-28-24(13-32-35(28)3)25-10-8-21(12-31-25)23-9-5-19(11-22(23)17-37-4)16-38-29(36)20-6-7-20/h5,8-15,18,20H,6-7,16-17H2,1-4H3,(H,33,34). The van der Waals surface area contributed by atoms with Gasteiger partial charge < -0.3 is 14.8 Å². The van der Waals surface area contributed by atoms with E-state index in [1.807, 2.05) is 43.6 Å². The number of carbonyl (C=O) groups excluding carboxylic acids is 1. The maximum absolute atomic E-state index is 11.9. The van der Waals surface area contributed by atoms with Gasteiger partial charge in [0.2, 0.25) is 0 Å². The lowest BCUT2D eigenvalue weighted by molar-refractivity contribution is -0.146. The summed E-state index contributed by atoms with van der Waals surface area (Å²) in [6.07, 6.45) is 9.00. The number of carbonyl (C=O) groups is 1. The van der Waals surface area contributed by atoms with Crippen LogP contribution in [-0.2, 0) is 34.5 Å². The first-order valence-electron chi connectivity index (χ1n) is 12.8. The topological polar surface area (TPSA) is 104 Å². The summed E-state index contributed by atoms with van der Waals surface area (Å²) in [5.74, 6) is 1.70. The highest BCUT2D eigenvalue weighted by molar-refractivity contribution is 5.77. The summed E-state index contributed by atoms with van der Waals surface area (Å²) < 4.78 is 12.7. The summed E-state index contributed by atoms with van der Waals surface area (Å²) >= 11 is 0. The van der Waals surface area contributed by atoms with Crippen molar-refractivity contribution < 1.29 is 14.3 Å². The molecule has 38 heavy (non-hydrogen) atoms. The second kappa shape index (κ2) is 11.1. The van der Waals surface area contributed by atoms with Gasteiger partial charge >= 0.3 is 5.97 Å². The minimum Gasteiger partial charge on any atom is -0.461 e. The largest absolute Gasteiger partial charge is 0.461 e. The third-order valence-corrected chi connectivity index (χ3v) is 6.54. The van der Waals surface area contributed by atoms with Gasteiger partial charge in [0.1, 0.15) is 18.2 Å². The quantitative estimate of drug-likeness (QED) is 0.282. The van der Waals surface area contributed by atoms with Gasteiger partial charge in [-0.1, -0.05) is 32.0 Å². The van der Waals surface area contributed by atoms with Crippen LogP contribution in [-0.4, -0.2) is 37.8 Å². The van der Waals surface area contributed by atoms with Crippen LogP contribution in [0.25, 0.3) is 22.4 Å². The van der Waals surface area contributed by atoms with E-state index in [2.05, 4.69) is 34.2 Å². The molecule has 1 aromatic carbocycles. The highest BCUT2D eigenvalue weighted by atomic mass is 16.5. The molecule has 1 aliphatic rings. The summed E-state index contributed by atoms with van der Waals surface area (Å²) in [4.78, 5) is 25.7. The van der Waals surface area contributed by atoms with Gasteiger partial charge in [-0.15, -0.1) is 0 Å². The number of nitrogens with one attached hydrogen (secondary N) is 1. The number of nitrogens with zero attached hydrogens (tertiary/aromatic N) is 5. The lowest BCUT2D eigenvalue weighted by atomic mass is 9.98. The van der Waals surface area contributed by atoms with E-state index < -0.39 is 0 Å². The van der Waals surface area contributed by atoms with Crippen LogP contribution in [0.5, 0.6) is 0 Å². The van der Waals surface area contributed by atoms with Crippen LogP contribution in [0.1, 0.15) is 49.4 Å². The van der Waals surface area contributed by atoms with E-state index in [4.69, 9.17) is 14.5 Å². The number of methoxy groups -OCH3 is 1. The van der Waals surface area contributed by atoms with Crippen molar-refractivity contribution in [2.45, 2.75) is 45.8 Å². The molecular formula is C29H32N6O3. The van der Waals surface area contributed by atoms with E-state index in [9.17, 15) is 4.79 Å². The summed E-state index contributed by atoms with van der Waals surface area (Å²) in [7, 11) is 3.55. The van der Waals surface area contributed by atoms with Crippen LogP contribution in [0.15, 0.2) is 55.1 Å². The Hall–Kier alpha value is -4.11. The summed E-state index contributed by atoms with van der Waals surface area (Å²) in [5.41, 5.74) is 6.50. The van der Waals surface area contributed by atoms with Crippen molar-refractivity contribution in [1.82, 2.24) is 24.7 Å². The molecule has 1 saturated carbocycles. The predicted molar refractivity (Wildman–Crippen MR) is 145 cm³/mol. The molecule has 9 heteroatoms. The minimum absolute atomic E-state index is 0.0889. The SMILES string of the molecule is COCc1cc(COC(=O)C2CC2)ccc1-c1ccc(-c2cnn(C)c2Nc2cncc(C(C)C)n2)nc1. The molecule has 0 atom stereocenters. The molecule has 1 aliphatic carbocycles. The van der Waals surface area contributed by atoms with Gasteiger partial charge in [-0.2, -0.15) is 5.10 Å². The average molecular weight is 513 g/mol. The van der Waals surface area contributed by atoms with Crippen LogP contribution in [0.3, 0.4) is 0 Å². The van der Waals surface area contributed by atoms with Crippen LogP contribution < -0.4 is 5.32 Å². The molecule has 1 fully saturated rings. The number of aromatic nitrogens is 5. The van der Waals surface area contributed by atoms with Gasteiger partial charge in [0, 0.05) is 32.1 Å². The number of benzene rings is 1. The molecule has 0 radical (unpaired) electrons. The number of esters is 1. The molecule has 0 saturated heterocycles. The Bertz CT molecular complexity index is 1430. The number of hydrogen-bond acceptors (Lipinski definition) is 8. The third kappa shape index (κ3) is 5.73. The Labute approximate surface area is 222 Å². The van der Waals surface area contributed by atoms with Crippen LogP contribution >= 0.6 is 0 Å². The molecule has 0 spiro atoms. The van der Waals surface area contributed by atoms with E-state index in [0.717, 1.165) is 57.9 Å². The first-order chi connectivity index (χ1) is 18.4. The number of pyridine rings is 1. The number of hydrogen-bond donors (Lipinski definition) is 1. The van der Waals surface area contributed by atoms with E-state index in [1.54, 1.807) is 30.4 Å². The normalized spacial score (nSPS) is 13.1. The maximum Gasteiger partial charge on any atom is 0.309 e. The number of aryl methyl sites for hydroxylation is 1. The van der Waals surface area contributed by atoms with Crippen LogP contribution in [0, 0.1) is 5.92 Å². The van der Waals surface area contributed by atoms with Crippen molar-refractivity contribution in [3.8, 4) is 22.4 Å². The Kier molecular flexibility index (Phi) is 7.46. The summed E-state index contributed by atoms with van der Waals surface area (Å²) in [6.45, 7) is 4.88. The molecule has 4 aromatic rings. The highest BCUT2D eigenvalue weighted by Crippen LogP contribution is 2.32. The second-order valence-corrected chi connectivity index (χ2v) is 9.88. The van der Waals surface area contributed by atoms with E-state index >= 15 is 0 Å². The third-order valence-electron chi connectivity index (χ3n) is 6.54. The minimum atomic E-state index is -0.105. The zero-order chi connectivity index (χ0) is 26.6. The van der Waals surface area contributed by atoms with E-state index in [0.29, 0.717) is 12.4 Å². The van der Waals surface area contributed by atoms with Crippen molar-refractivity contribution in [1.29, 1.82) is 0 Å². The van der Waals surface area contributed by atoms with Crippen LogP contribution in [0.4, 0.5) is 11.6 Å². The fourth-order valence-electron chi connectivity index (χ4n) is 4.21. The first-order valence-corrected chi connectivity index (χ1v) is 12.8. The number of anilines is 2. The first kappa shape index (κ1) is 25.5. The van der Waals surface area contributed by atoms with Crippen molar-refractivity contribution in [2.24, 2.45) is 13.0 Å². The fourth-order valence-corrected chi connectivity index (χ4v) is 4.21. The molecule has 0 amide bonds. The van der Waals surface area contributed by atoms with Crippen molar-refractivity contribution in [3.05, 3.63) is 71.9 Å². The van der Waals surface area contributed by atoms with Crippen molar-refractivity contribution >= 4 is 17.6 Å². The molecule has 0 bridgehead atoms. The Morgan fingerprint density at radius 2 is 1.92 bits per heavy atom. The molecule has 0 unspecified atom stereocenters. The van der Waals surface area contributed by atoms with Crippen molar-refractivity contribution in [2.75, 3.05) is 12.4 Å². The highest BCUT2D eigenvalue weighted by Gasteiger charge is 2.31. The number of rotatable bonds is 10. The summed E-state index contributed by atoms with van der Waals surface area (Å²) in [6, 6.07) is 10.1. The van der Waals surface area contributed by atoms with Gasteiger partial charge in [0.15, 0.2) is 0 Å². The zero-order valence-electron chi connectivity index (χ0n) is 22.1. The monoisotopic (exact) mass is 512 g/mol. The zero-order valence-corrected chi connectivity index (χ0v) is 22.1. The molecule has 196 valence electrons. The molecule has 3 heterocycles. The number of ether oxygens (including phenoxy) is 2. The molecule has 1 N–H and O–H groups in total. The molecule has 9 nitrogen and oxygen atoms in total. The molecular weight excluding hydrogens is 480 g/mol. The van der Waals surface area contributed by atoms with Crippen molar-refractivity contribution in [3.63, 3.8) is 0 Å². The lowest BCUT2D eigenvalue weighted by Gasteiger charge is -2.13. The van der Waals surface area contributed by atoms with Gasteiger partial charge in [-0.05, 0) is 47.6 Å². The van der Waals surface area contributed by atoms with Crippen LogP contribution in [0.2, 0.25) is 0 Å². The molecule has 3 aromatic heterocycles. The Morgan fingerprint density at radius 3 is 2.63 bits per heavy atom. The maximum atomic E-state index is 11.9. The van der Waals surface area contributed by atoms with E-state index in [-0.39, 0.29) is 24.4 Å². The fraction of sp³-hybridized carbons (Fsp3) is 0.345. The molecule has 0 aliphatic heterocycles.